The first-order valence-electron chi connectivity index (χ1n) is 9.77. The number of hydrogen-bond acceptors (Lipinski definition) is 5. The topological polar surface area (TPSA) is 68.5 Å². The maximum absolute atomic E-state index is 11.2. The largest absolute Gasteiger partial charge is 0.489 e. The van der Waals surface area contributed by atoms with Gasteiger partial charge in [-0.15, -0.1) is 0 Å². The van der Waals surface area contributed by atoms with Gasteiger partial charge in [0.15, 0.2) is 0 Å². The number of methoxy groups -OCH3 is 1. The van der Waals surface area contributed by atoms with Crippen molar-refractivity contribution in [2.24, 2.45) is 0 Å². The van der Waals surface area contributed by atoms with E-state index in [0.717, 1.165) is 36.1 Å². The monoisotopic (exact) mass is 391 g/mol. The standard InChI is InChI=1S/C24H25NO4/c1-27-24(26)4-2-3-18-7-11-22(12-8-18)29-17-21-16-28-14-13-23(21)20-9-5-19(15-25)6-10-20/h5-12H,2-4,13-14,16-17H2,1H3. The van der Waals surface area contributed by atoms with Gasteiger partial charge in [0.1, 0.15) is 12.4 Å². The summed E-state index contributed by atoms with van der Waals surface area (Å²) < 4.78 is 16.3. The minimum Gasteiger partial charge on any atom is -0.489 e. The van der Waals surface area contributed by atoms with E-state index in [1.54, 1.807) is 0 Å². The van der Waals surface area contributed by atoms with Gasteiger partial charge in [0.05, 0.1) is 32.0 Å². The van der Waals surface area contributed by atoms with E-state index in [0.29, 0.717) is 31.8 Å². The van der Waals surface area contributed by atoms with E-state index in [1.165, 1.54) is 18.2 Å². The van der Waals surface area contributed by atoms with Crippen LogP contribution in [0.5, 0.6) is 5.75 Å². The molecule has 5 nitrogen and oxygen atoms in total. The lowest BCUT2D eigenvalue weighted by molar-refractivity contribution is -0.140. The third kappa shape index (κ3) is 5.94. The number of carbonyl (C=O) groups excluding carboxylic acids is 1. The van der Waals surface area contributed by atoms with Crippen molar-refractivity contribution in [2.45, 2.75) is 25.7 Å². The van der Waals surface area contributed by atoms with Gasteiger partial charge >= 0.3 is 5.97 Å². The van der Waals surface area contributed by atoms with Crippen LogP contribution in [0.15, 0.2) is 54.1 Å². The quantitative estimate of drug-likeness (QED) is 0.627. The molecule has 1 heterocycles. The minimum atomic E-state index is -0.175. The smallest absolute Gasteiger partial charge is 0.305 e. The normalized spacial score (nSPS) is 13.7. The predicted molar refractivity (Wildman–Crippen MR) is 110 cm³/mol. The van der Waals surface area contributed by atoms with Gasteiger partial charge < -0.3 is 14.2 Å². The molecule has 0 fully saturated rings. The van der Waals surface area contributed by atoms with E-state index in [9.17, 15) is 4.79 Å². The lowest BCUT2D eigenvalue weighted by atomic mass is 9.95. The third-order valence-electron chi connectivity index (χ3n) is 4.97. The van der Waals surface area contributed by atoms with Crippen LogP contribution in [0.3, 0.4) is 0 Å². The zero-order valence-electron chi connectivity index (χ0n) is 16.6. The Kier molecular flexibility index (Phi) is 7.43. The number of hydrogen-bond donors (Lipinski definition) is 0. The Bertz CT molecular complexity index is 892. The van der Waals surface area contributed by atoms with Crippen LogP contribution in [0.2, 0.25) is 0 Å². The average Bonchev–Trinajstić information content (AvgIpc) is 2.78. The summed E-state index contributed by atoms with van der Waals surface area (Å²) in [5.41, 5.74) is 5.31. The van der Waals surface area contributed by atoms with Crippen molar-refractivity contribution in [3.8, 4) is 11.8 Å². The van der Waals surface area contributed by atoms with Crippen molar-refractivity contribution in [1.82, 2.24) is 0 Å². The molecule has 2 aromatic carbocycles. The first-order valence-corrected chi connectivity index (χ1v) is 9.77. The summed E-state index contributed by atoms with van der Waals surface area (Å²) in [5.74, 6) is 0.630. The van der Waals surface area contributed by atoms with E-state index in [-0.39, 0.29) is 5.97 Å². The molecule has 0 radical (unpaired) electrons. The van der Waals surface area contributed by atoms with Gasteiger partial charge in [-0.05, 0) is 65.8 Å². The molecule has 0 unspecified atom stereocenters. The zero-order valence-corrected chi connectivity index (χ0v) is 16.6. The van der Waals surface area contributed by atoms with Crippen molar-refractivity contribution in [3.63, 3.8) is 0 Å². The van der Waals surface area contributed by atoms with E-state index in [1.807, 2.05) is 48.5 Å². The van der Waals surface area contributed by atoms with E-state index < -0.39 is 0 Å². The summed E-state index contributed by atoms with van der Waals surface area (Å²) in [7, 11) is 1.41. The lowest BCUT2D eigenvalue weighted by Gasteiger charge is -2.21. The van der Waals surface area contributed by atoms with Gasteiger partial charge in [0.25, 0.3) is 0 Å². The Balaban J connectivity index is 1.60. The Labute approximate surface area is 171 Å². The second-order valence-corrected chi connectivity index (χ2v) is 6.94. The summed E-state index contributed by atoms with van der Waals surface area (Å²) in [4.78, 5) is 11.2. The summed E-state index contributed by atoms with van der Waals surface area (Å²) >= 11 is 0. The summed E-state index contributed by atoms with van der Waals surface area (Å²) in [5, 5.41) is 8.98. The molecule has 0 N–H and O–H groups in total. The molecule has 0 aliphatic carbocycles. The van der Waals surface area contributed by atoms with Gasteiger partial charge in [-0.1, -0.05) is 24.3 Å². The maximum atomic E-state index is 11.2. The van der Waals surface area contributed by atoms with Crippen LogP contribution in [0.1, 0.15) is 36.0 Å². The molecular formula is C24H25NO4. The highest BCUT2D eigenvalue weighted by Crippen LogP contribution is 2.27. The van der Waals surface area contributed by atoms with Crippen molar-refractivity contribution >= 4 is 11.5 Å². The fourth-order valence-corrected chi connectivity index (χ4v) is 3.32. The first-order chi connectivity index (χ1) is 14.2. The summed E-state index contributed by atoms with van der Waals surface area (Å²) in [6, 6.07) is 17.8. The number of nitriles is 1. The second-order valence-electron chi connectivity index (χ2n) is 6.94. The van der Waals surface area contributed by atoms with Crippen LogP contribution >= 0.6 is 0 Å². The van der Waals surface area contributed by atoms with Gasteiger partial charge in [-0.2, -0.15) is 5.26 Å². The Morgan fingerprint density at radius 3 is 2.59 bits per heavy atom. The minimum absolute atomic E-state index is 0.175. The van der Waals surface area contributed by atoms with E-state index >= 15 is 0 Å². The number of rotatable bonds is 8. The molecule has 1 aliphatic rings. The van der Waals surface area contributed by atoms with Crippen molar-refractivity contribution in [2.75, 3.05) is 26.9 Å². The molecule has 0 saturated heterocycles. The number of aryl methyl sites for hydroxylation is 1. The predicted octanol–water partition coefficient (Wildman–Crippen LogP) is 4.31. The number of benzene rings is 2. The number of carbonyl (C=O) groups is 1. The van der Waals surface area contributed by atoms with Crippen LogP contribution in [0.25, 0.3) is 5.57 Å². The van der Waals surface area contributed by atoms with Crippen molar-refractivity contribution < 1.29 is 19.0 Å². The van der Waals surface area contributed by atoms with Gasteiger partial charge in [-0.25, -0.2) is 0 Å². The molecule has 1 aliphatic heterocycles. The van der Waals surface area contributed by atoms with Crippen LogP contribution < -0.4 is 4.74 Å². The molecular weight excluding hydrogens is 366 g/mol. The van der Waals surface area contributed by atoms with Crippen molar-refractivity contribution in [3.05, 3.63) is 70.8 Å². The van der Waals surface area contributed by atoms with Gasteiger partial charge in [0.2, 0.25) is 0 Å². The molecule has 0 saturated carbocycles. The molecule has 2 aromatic rings. The van der Waals surface area contributed by atoms with Gasteiger partial charge in [-0.3, -0.25) is 4.79 Å². The van der Waals surface area contributed by atoms with Crippen molar-refractivity contribution in [1.29, 1.82) is 5.26 Å². The third-order valence-corrected chi connectivity index (χ3v) is 4.97. The Morgan fingerprint density at radius 2 is 1.90 bits per heavy atom. The fourth-order valence-electron chi connectivity index (χ4n) is 3.32. The molecule has 0 spiro atoms. The SMILES string of the molecule is COC(=O)CCCc1ccc(OCC2=C(c3ccc(C#N)cc3)CCOC2)cc1. The van der Waals surface area contributed by atoms with E-state index in [2.05, 4.69) is 10.8 Å². The zero-order chi connectivity index (χ0) is 20.5. The highest BCUT2D eigenvalue weighted by Gasteiger charge is 2.15. The molecule has 0 atom stereocenters. The highest BCUT2D eigenvalue weighted by atomic mass is 16.5. The summed E-state index contributed by atoms with van der Waals surface area (Å²) in [6.07, 6.45) is 2.87. The molecule has 0 bridgehead atoms. The molecule has 29 heavy (non-hydrogen) atoms. The second kappa shape index (κ2) is 10.4. The Hall–Kier alpha value is -3.10. The Morgan fingerprint density at radius 1 is 1.14 bits per heavy atom. The maximum Gasteiger partial charge on any atom is 0.305 e. The first kappa shape index (κ1) is 20.6. The van der Waals surface area contributed by atoms with E-state index in [4.69, 9.17) is 14.7 Å². The van der Waals surface area contributed by atoms with Gasteiger partial charge in [0, 0.05) is 6.42 Å². The fraction of sp³-hybridized carbons (Fsp3) is 0.333. The molecule has 150 valence electrons. The average molecular weight is 391 g/mol. The van der Waals surface area contributed by atoms with Crippen LogP contribution in [-0.4, -0.2) is 32.9 Å². The number of ether oxygens (including phenoxy) is 3. The molecule has 0 amide bonds. The lowest BCUT2D eigenvalue weighted by Crippen LogP contribution is -2.16. The van der Waals surface area contributed by atoms with Crippen LogP contribution in [0.4, 0.5) is 0 Å². The number of esters is 1. The number of nitrogens with zero attached hydrogens (tertiary/aromatic N) is 1. The van der Waals surface area contributed by atoms with Crippen LogP contribution in [-0.2, 0) is 20.7 Å². The van der Waals surface area contributed by atoms with Crippen LogP contribution in [0, 0.1) is 11.3 Å². The molecule has 3 rings (SSSR count). The highest BCUT2D eigenvalue weighted by molar-refractivity contribution is 5.70. The summed E-state index contributed by atoms with van der Waals surface area (Å²) in [6.45, 7) is 1.72. The molecule has 5 heteroatoms. The molecule has 0 aromatic heterocycles.